The quantitative estimate of drug-likeness (QED) is 0.930. The second-order valence-corrected chi connectivity index (χ2v) is 6.00. The van der Waals surface area contributed by atoms with Crippen LogP contribution in [0.1, 0.15) is 18.9 Å². The van der Waals surface area contributed by atoms with E-state index in [-0.39, 0.29) is 12.6 Å². The van der Waals surface area contributed by atoms with Crippen LogP contribution < -0.4 is 9.47 Å². The summed E-state index contributed by atoms with van der Waals surface area (Å²) in [5, 5.41) is 10.1. The van der Waals surface area contributed by atoms with Gasteiger partial charge in [-0.15, -0.1) is 0 Å². The minimum atomic E-state index is 0.208. The Kier molecular flexibility index (Phi) is 4.06. The summed E-state index contributed by atoms with van der Waals surface area (Å²) in [6.07, 6.45) is 1.13. The van der Waals surface area contributed by atoms with Gasteiger partial charge < -0.3 is 14.6 Å². The molecule has 1 aromatic carbocycles. The summed E-state index contributed by atoms with van der Waals surface area (Å²) in [6, 6.07) is 4.17. The number of hydrogen-bond donors (Lipinski definition) is 1. The van der Waals surface area contributed by atoms with Gasteiger partial charge in [-0.1, -0.05) is 18.5 Å². The lowest BCUT2D eigenvalue weighted by Crippen LogP contribution is -2.34. The van der Waals surface area contributed by atoms with Gasteiger partial charge in [-0.05, 0) is 36.6 Å². The zero-order valence-corrected chi connectivity index (χ0v) is 12.4. The van der Waals surface area contributed by atoms with Crippen LogP contribution in [0.3, 0.4) is 0 Å². The average molecular weight is 298 g/mol. The maximum atomic E-state index is 9.52. The highest BCUT2D eigenvalue weighted by molar-refractivity contribution is 6.32. The van der Waals surface area contributed by atoms with Gasteiger partial charge in [0.15, 0.2) is 11.5 Å². The minimum Gasteiger partial charge on any atom is -0.486 e. The molecule has 2 heterocycles. The van der Waals surface area contributed by atoms with Crippen molar-refractivity contribution < 1.29 is 14.6 Å². The van der Waals surface area contributed by atoms with Crippen LogP contribution in [0.25, 0.3) is 0 Å². The SMILES string of the molecule is CC1CCN(Cc2cc(Cl)c3c(c2)OCCO3)C1CO. The Bertz CT molecular complexity index is 494. The fourth-order valence-electron chi connectivity index (χ4n) is 3.07. The third-order valence-corrected chi connectivity index (χ3v) is 4.51. The van der Waals surface area contributed by atoms with Gasteiger partial charge in [0, 0.05) is 12.6 Å². The number of halogens is 1. The fourth-order valence-corrected chi connectivity index (χ4v) is 3.36. The average Bonchev–Trinajstić information content (AvgIpc) is 2.79. The first kappa shape index (κ1) is 14.0. The van der Waals surface area contributed by atoms with Crippen LogP contribution in [-0.2, 0) is 6.54 Å². The number of rotatable bonds is 3. The highest BCUT2D eigenvalue weighted by atomic mass is 35.5. The van der Waals surface area contributed by atoms with Crippen LogP contribution in [0, 0.1) is 5.92 Å². The standard InChI is InChI=1S/C15H20ClNO3/c1-10-2-3-17(13(10)9-18)8-11-6-12(16)15-14(7-11)19-4-5-20-15/h6-7,10,13,18H,2-5,8-9H2,1H3. The second-order valence-electron chi connectivity index (χ2n) is 5.59. The molecule has 0 spiro atoms. The molecular weight excluding hydrogens is 278 g/mol. The Labute approximate surface area is 124 Å². The maximum Gasteiger partial charge on any atom is 0.179 e. The van der Waals surface area contributed by atoms with Gasteiger partial charge in [0.2, 0.25) is 0 Å². The van der Waals surface area contributed by atoms with Crippen molar-refractivity contribution in [2.45, 2.75) is 25.9 Å². The highest BCUT2D eigenvalue weighted by Gasteiger charge is 2.30. The normalized spacial score (nSPS) is 25.9. The molecule has 3 rings (SSSR count). The summed E-state index contributed by atoms with van der Waals surface area (Å²) in [5.74, 6) is 1.91. The van der Waals surface area contributed by atoms with Gasteiger partial charge >= 0.3 is 0 Å². The lowest BCUT2D eigenvalue weighted by molar-refractivity contribution is 0.133. The first-order valence-electron chi connectivity index (χ1n) is 7.12. The van der Waals surface area contributed by atoms with Crippen LogP contribution in [0.2, 0.25) is 5.02 Å². The van der Waals surface area contributed by atoms with Crippen molar-refractivity contribution in [2.24, 2.45) is 5.92 Å². The molecular formula is C15H20ClNO3. The number of aliphatic hydroxyl groups excluding tert-OH is 1. The second kappa shape index (κ2) is 5.80. The predicted molar refractivity (Wildman–Crippen MR) is 77.5 cm³/mol. The van der Waals surface area contributed by atoms with Gasteiger partial charge in [-0.2, -0.15) is 0 Å². The molecule has 110 valence electrons. The summed E-state index contributed by atoms with van der Waals surface area (Å²) in [7, 11) is 0. The lowest BCUT2D eigenvalue weighted by atomic mass is 10.0. The van der Waals surface area contributed by atoms with Crippen LogP contribution in [0.4, 0.5) is 0 Å². The molecule has 0 amide bonds. The molecule has 0 bridgehead atoms. The van der Waals surface area contributed by atoms with Crippen molar-refractivity contribution in [2.75, 3.05) is 26.4 Å². The van der Waals surface area contributed by atoms with Gasteiger partial charge in [0.05, 0.1) is 11.6 Å². The monoisotopic (exact) mass is 297 g/mol. The third kappa shape index (κ3) is 2.60. The lowest BCUT2D eigenvalue weighted by Gasteiger charge is -2.26. The topological polar surface area (TPSA) is 41.9 Å². The Morgan fingerprint density at radius 2 is 2.15 bits per heavy atom. The Balaban J connectivity index is 1.79. The van der Waals surface area contributed by atoms with E-state index >= 15 is 0 Å². The van der Waals surface area contributed by atoms with Crippen LogP contribution in [0.15, 0.2) is 12.1 Å². The Hall–Kier alpha value is -0.970. The van der Waals surface area contributed by atoms with Crippen molar-refractivity contribution in [3.8, 4) is 11.5 Å². The maximum absolute atomic E-state index is 9.52. The van der Waals surface area contributed by atoms with Crippen LogP contribution >= 0.6 is 11.6 Å². The predicted octanol–water partition coefficient (Wildman–Crippen LogP) is 2.31. The van der Waals surface area contributed by atoms with Crippen molar-refractivity contribution in [3.63, 3.8) is 0 Å². The molecule has 2 unspecified atom stereocenters. The van der Waals surface area contributed by atoms with Crippen LogP contribution in [-0.4, -0.2) is 42.4 Å². The highest BCUT2D eigenvalue weighted by Crippen LogP contribution is 2.39. The van der Waals surface area contributed by atoms with E-state index in [0.717, 1.165) is 30.8 Å². The fraction of sp³-hybridized carbons (Fsp3) is 0.600. The molecule has 1 aromatic rings. The van der Waals surface area contributed by atoms with Gasteiger partial charge in [-0.25, -0.2) is 0 Å². The molecule has 2 atom stereocenters. The molecule has 1 N–H and O–H groups in total. The summed E-state index contributed by atoms with van der Waals surface area (Å²) in [4.78, 5) is 2.31. The number of nitrogens with zero attached hydrogens (tertiary/aromatic N) is 1. The largest absolute Gasteiger partial charge is 0.486 e. The molecule has 1 fully saturated rings. The van der Waals surface area contributed by atoms with Crippen molar-refractivity contribution >= 4 is 11.6 Å². The summed E-state index contributed by atoms with van der Waals surface area (Å²) >= 11 is 6.26. The Morgan fingerprint density at radius 3 is 2.95 bits per heavy atom. The summed E-state index contributed by atoms with van der Waals surface area (Å²) < 4.78 is 11.1. The molecule has 5 heteroatoms. The Morgan fingerprint density at radius 1 is 1.35 bits per heavy atom. The number of benzene rings is 1. The summed E-state index contributed by atoms with van der Waals surface area (Å²) in [6.45, 7) is 5.30. The van der Waals surface area contributed by atoms with E-state index in [9.17, 15) is 5.11 Å². The van der Waals surface area contributed by atoms with E-state index in [0.29, 0.717) is 29.9 Å². The van der Waals surface area contributed by atoms with E-state index in [1.165, 1.54) is 0 Å². The van der Waals surface area contributed by atoms with E-state index in [2.05, 4.69) is 11.8 Å². The summed E-state index contributed by atoms with van der Waals surface area (Å²) in [5.41, 5.74) is 1.10. The van der Waals surface area contributed by atoms with Crippen LogP contribution in [0.5, 0.6) is 11.5 Å². The number of fused-ring (bicyclic) bond motifs is 1. The molecule has 0 saturated carbocycles. The van der Waals surface area contributed by atoms with Gasteiger partial charge in [0.25, 0.3) is 0 Å². The number of ether oxygens (including phenoxy) is 2. The van der Waals surface area contributed by atoms with Crippen molar-refractivity contribution in [1.82, 2.24) is 4.90 Å². The van der Waals surface area contributed by atoms with Gasteiger partial charge in [-0.3, -0.25) is 4.90 Å². The first-order valence-corrected chi connectivity index (χ1v) is 7.49. The van der Waals surface area contributed by atoms with Crippen molar-refractivity contribution in [3.05, 3.63) is 22.7 Å². The molecule has 20 heavy (non-hydrogen) atoms. The van der Waals surface area contributed by atoms with Crippen molar-refractivity contribution in [1.29, 1.82) is 0 Å². The van der Waals surface area contributed by atoms with E-state index in [4.69, 9.17) is 21.1 Å². The zero-order chi connectivity index (χ0) is 14.1. The first-order chi connectivity index (χ1) is 9.69. The number of aliphatic hydroxyl groups is 1. The molecule has 2 aliphatic rings. The molecule has 0 radical (unpaired) electrons. The molecule has 1 saturated heterocycles. The van der Waals surface area contributed by atoms with E-state index in [1.807, 2.05) is 12.1 Å². The minimum absolute atomic E-state index is 0.208. The molecule has 2 aliphatic heterocycles. The number of likely N-dealkylation sites (tertiary alicyclic amines) is 1. The zero-order valence-electron chi connectivity index (χ0n) is 11.6. The molecule has 4 nitrogen and oxygen atoms in total. The molecule has 0 aromatic heterocycles. The van der Waals surface area contributed by atoms with E-state index < -0.39 is 0 Å². The smallest absolute Gasteiger partial charge is 0.179 e. The third-order valence-electron chi connectivity index (χ3n) is 4.23. The van der Waals surface area contributed by atoms with E-state index in [1.54, 1.807) is 0 Å². The molecule has 0 aliphatic carbocycles. The number of hydrogen-bond acceptors (Lipinski definition) is 4. The van der Waals surface area contributed by atoms with Gasteiger partial charge in [0.1, 0.15) is 13.2 Å².